The molecule has 0 fully saturated rings. The number of para-hydroxylation sites is 1. The van der Waals surface area contributed by atoms with Crippen LogP contribution in [0.2, 0.25) is 0 Å². The largest absolute Gasteiger partial charge is 0.493 e. The zero-order valence-electron chi connectivity index (χ0n) is 13.7. The molecule has 0 radical (unpaired) electrons. The average Bonchev–Trinajstić information content (AvgIpc) is 3.25. The molecule has 130 valence electrons. The summed E-state index contributed by atoms with van der Waals surface area (Å²) in [7, 11) is 1.54. The summed E-state index contributed by atoms with van der Waals surface area (Å²) in [5, 5.41) is 13.2. The zero-order chi connectivity index (χ0) is 18.3. The standard InChI is InChI=1S/C19H14N2O5/c1-25-15-4-2-3-10-9-16(26-17(10)15)18(22)20-12-5-6-13-11(7-12)8-14(21-13)19(23)24/h2-9,21H,1H3,(H,20,22)(H,23,24). The minimum atomic E-state index is -1.04. The molecule has 3 N–H and O–H groups in total. The van der Waals surface area contributed by atoms with Crippen LogP contribution in [0.15, 0.2) is 52.9 Å². The molecule has 0 saturated heterocycles. The Morgan fingerprint density at radius 3 is 2.73 bits per heavy atom. The molecule has 0 aliphatic carbocycles. The van der Waals surface area contributed by atoms with Crippen molar-refractivity contribution in [2.24, 2.45) is 0 Å². The maximum absolute atomic E-state index is 12.5. The van der Waals surface area contributed by atoms with Crippen molar-refractivity contribution in [3.05, 3.63) is 60.0 Å². The highest BCUT2D eigenvalue weighted by molar-refractivity contribution is 6.06. The number of amides is 1. The Labute approximate surface area is 147 Å². The van der Waals surface area contributed by atoms with Crippen LogP contribution in [0.4, 0.5) is 5.69 Å². The number of H-pyrrole nitrogens is 1. The van der Waals surface area contributed by atoms with E-state index in [1.807, 2.05) is 12.1 Å². The molecule has 0 bridgehead atoms. The molecule has 7 nitrogen and oxygen atoms in total. The van der Waals surface area contributed by atoms with Gasteiger partial charge in [-0.15, -0.1) is 0 Å². The van der Waals surface area contributed by atoms with E-state index in [-0.39, 0.29) is 11.5 Å². The Hall–Kier alpha value is -3.74. The summed E-state index contributed by atoms with van der Waals surface area (Å²) in [6, 6.07) is 13.6. The Bertz CT molecular complexity index is 1160. The van der Waals surface area contributed by atoms with Crippen molar-refractivity contribution in [2.45, 2.75) is 0 Å². The van der Waals surface area contributed by atoms with E-state index in [2.05, 4.69) is 10.3 Å². The van der Waals surface area contributed by atoms with Crippen LogP contribution in [0.5, 0.6) is 5.75 Å². The smallest absolute Gasteiger partial charge is 0.352 e. The molecule has 2 heterocycles. The Balaban J connectivity index is 1.63. The molecule has 0 atom stereocenters. The highest BCUT2D eigenvalue weighted by Gasteiger charge is 2.15. The molecule has 26 heavy (non-hydrogen) atoms. The van der Waals surface area contributed by atoms with Gasteiger partial charge in [-0.3, -0.25) is 4.79 Å². The van der Waals surface area contributed by atoms with Gasteiger partial charge in [-0.2, -0.15) is 0 Å². The Kier molecular flexibility index (Phi) is 3.62. The molecule has 2 aromatic carbocycles. The second kappa shape index (κ2) is 5.96. The molecule has 7 heteroatoms. The normalized spacial score (nSPS) is 11.0. The fourth-order valence-corrected chi connectivity index (χ4v) is 2.83. The highest BCUT2D eigenvalue weighted by Crippen LogP contribution is 2.29. The summed E-state index contributed by atoms with van der Waals surface area (Å²) in [5.41, 5.74) is 1.81. The number of aromatic amines is 1. The van der Waals surface area contributed by atoms with Gasteiger partial charge >= 0.3 is 5.97 Å². The molecular weight excluding hydrogens is 336 g/mol. The number of carbonyl (C=O) groups excluding carboxylic acids is 1. The predicted molar refractivity (Wildman–Crippen MR) is 96.0 cm³/mol. The van der Waals surface area contributed by atoms with E-state index in [4.69, 9.17) is 14.3 Å². The number of carboxylic acids is 1. The summed E-state index contributed by atoms with van der Waals surface area (Å²) < 4.78 is 10.9. The first-order valence-electron chi connectivity index (χ1n) is 7.79. The van der Waals surface area contributed by atoms with Gasteiger partial charge in [-0.25, -0.2) is 4.79 Å². The van der Waals surface area contributed by atoms with Crippen LogP contribution >= 0.6 is 0 Å². The number of benzene rings is 2. The van der Waals surface area contributed by atoms with Crippen molar-refractivity contribution in [2.75, 3.05) is 12.4 Å². The second-order valence-electron chi connectivity index (χ2n) is 5.73. The SMILES string of the molecule is COc1cccc2cc(C(=O)Nc3ccc4[nH]c(C(=O)O)cc4c3)oc12. The number of anilines is 1. The highest BCUT2D eigenvalue weighted by atomic mass is 16.5. The number of carboxylic acid groups (broad SMARTS) is 1. The summed E-state index contributed by atoms with van der Waals surface area (Å²) in [6.45, 7) is 0. The van der Waals surface area contributed by atoms with Gasteiger partial charge in [0.2, 0.25) is 0 Å². The number of hydrogen-bond acceptors (Lipinski definition) is 4. The molecule has 1 amide bonds. The molecule has 4 aromatic rings. The first-order chi connectivity index (χ1) is 12.5. The number of nitrogens with one attached hydrogen (secondary N) is 2. The van der Waals surface area contributed by atoms with Gasteiger partial charge in [0, 0.05) is 22.0 Å². The molecule has 4 rings (SSSR count). The van der Waals surface area contributed by atoms with Gasteiger partial charge in [0.15, 0.2) is 17.1 Å². The molecule has 0 spiro atoms. The summed E-state index contributed by atoms with van der Waals surface area (Å²) in [4.78, 5) is 26.3. The summed E-state index contributed by atoms with van der Waals surface area (Å²) in [5.74, 6) is -0.735. The zero-order valence-corrected chi connectivity index (χ0v) is 13.7. The van der Waals surface area contributed by atoms with Crippen LogP contribution in [-0.2, 0) is 0 Å². The molecule has 0 aliphatic heterocycles. The monoisotopic (exact) mass is 350 g/mol. The number of carbonyl (C=O) groups is 2. The fourth-order valence-electron chi connectivity index (χ4n) is 2.83. The number of hydrogen-bond donors (Lipinski definition) is 3. The minimum absolute atomic E-state index is 0.0906. The van der Waals surface area contributed by atoms with Crippen LogP contribution < -0.4 is 10.1 Å². The van der Waals surface area contributed by atoms with Crippen molar-refractivity contribution in [3.8, 4) is 5.75 Å². The van der Waals surface area contributed by atoms with Gasteiger partial charge in [-0.1, -0.05) is 12.1 Å². The lowest BCUT2D eigenvalue weighted by Crippen LogP contribution is -2.10. The van der Waals surface area contributed by atoms with Crippen molar-refractivity contribution in [1.29, 1.82) is 0 Å². The van der Waals surface area contributed by atoms with Crippen LogP contribution in [0.3, 0.4) is 0 Å². The van der Waals surface area contributed by atoms with E-state index in [1.54, 1.807) is 30.3 Å². The third-order valence-corrected chi connectivity index (χ3v) is 4.06. The molecular formula is C19H14N2O5. The summed E-state index contributed by atoms with van der Waals surface area (Å²) >= 11 is 0. The van der Waals surface area contributed by atoms with Crippen molar-refractivity contribution < 1.29 is 23.8 Å². The van der Waals surface area contributed by atoms with Crippen LogP contribution in [0.1, 0.15) is 21.0 Å². The number of methoxy groups -OCH3 is 1. The number of rotatable bonds is 4. The predicted octanol–water partition coefficient (Wildman–Crippen LogP) is 3.87. The van der Waals surface area contributed by atoms with Crippen LogP contribution in [0.25, 0.3) is 21.9 Å². The lowest BCUT2D eigenvalue weighted by atomic mass is 10.2. The van der Waals surface area contributed by atoms with Crippen molar-refractivity contribution in [3.63, 3.8) is 0 Å². The third-order valence-electron chi connectivity index (χ3n) is 4.06. The number of aromatic nitrogens is 1. The third kappa shape index (κ3) is 2.65. The minimum Gasteiger partial charge on any atom is -0.493 e. The first-order valence-corrected chi connectivity index (χ1v) is 7.79. The second-order valence-corrected chi connectivity index (χ2v) is 5.73. The topological polar surface area (TPSA) is 105 Å². The van der Waals surface area contributed by atoms with E-state index >= 15 is 0 Å². The Morgan fingerprint density at radius 2 is 1.96 bits per heavy atom. The number of furan rings is 1. The maximum atomic E-state index is 12.5. The molecule has 0 saturated carbocycles. The number of aromatic carboxylic acids is 1. The lowest BCUT2D eigenvalue weighted by molar-refractivity contribution is 0.0691. The average molecular weight is 350 g/mol. The first kappa shape index (κ1) is 15.8. The maximum Gasteiger partial charge on any atom is 0.352 e. The van der Waals surface area contributed by atoms with E-state index in [0.717, 1.165) is 5.39 Å². The number of ether oxygens (including phenoxy) is 1. The van der Waals surface area contributed by atoms with E-state index < -0.39 is 11.9 Å². The van der Waals surface area contributed by atoms with Gasteiger partial charge in [-0.05, 0) is 36.4 Å². The van der Waals surface area contributed by atoms with E-state index in [9.17, 15) is 9.59 Å². The molecule has 0 unspecified atom stereocenters. The van der Waals surface area contributed by atoms with Crippen molar-refractivity contribution in [1.82, 2.24) is 4.98 Å². The quantitative estimate of drug-likeness (QED) is 0.518. The lowest BCUT2D eigenvalue weighted by Gasteiger charge is -2.03. The van der Waals surface area contributed by atoms with Gasteiger partial charge in [0.25, 0.3) is 5.91 Å². The summed E-state index contributed by atoms with van der Waals surface area (Å²) in [6.07, 6.45) is 0. The van der Waals surface area contributed by atoms with Crippen LogP contribution in [0, 0.1) is 0 Å². The van der Waals surface area contributed by atoms with Crippen LogP contribution in [-0.4, -0.2) is 29.1 Å². The Morgan fingerprint density at radius 1 is 1.12 bits per heavy atom. The van der Waals surface area contributed by atoms with Gasteiger partial charge in [0.05, 0.1) is 7.11 Å². The van der Waals surface area contributed by atoms with Gasteiger partial charge in [0.1, 0.15) is 5.69 Å². The van der Waals surface area contributed by atoms with Gasteiger partial charge < -0.3 is 24.6 Å². The fraction of sp³-hybridized carbons (Fsp3) is 0.0526. The molecule has 2 aromatic heterocycles. The van der Waals surface area contributed by atoms with Crippen molar-refractivity contribution >= 4 is 39.4 Å². The number of fused-ring (bicyclic) bond motifs is 2. The molecule has 0 aliphatic rings. The van der Waals surface area contributed by atoms with E-state index in [1.165, 1.54) is 13.2 Å². The van der Waals surface area contributed by atoms with E-state index in [0.29, 0.717) is 27.9 Å².